The van der Waals surface area contributed by atoms with Gasteiger partial charge in [0.2, 0.25) is 0 Å². The van der Waals surface area contributed by atoms with Crippen molar-refractivity contribution in [3.05, 3.63) is 91.9 Å². The van der Waals surface area contributed by atoms with E-state index in [9.17, 15) is 4.79 Å². The summed E-state index contributed by atoms with van der Waals surface area (Å²) in [6.07, 6.45) is 1.53. The molecular formula is C24H19Br2N3O3. The van der Waals surface area contributed by atoms with Crippen LogP contribution in [0, 0.1) is 11.3 Å². The van der Waals surface area contributed by atoms with Gasteiger partial charge in [-0.2, -0.15) is 10.4 Å². The first kappa shape index (κ1) is 23.5. The molecule has 3 rings (SSSR count). The largest absolute Gasteiger partial charge is 0.490 e. The van der Waals surface area contributed by atoms with Gasteiger partial charge in [0.15, 0.2) is 11.5 Å². The van der Waals surface area contributed by atoms with Gasteiger partial charge < -0.3 is 9.47 Å². The molecule has 0 fully saturated rings. The maximum atomic E-state index is 12.3. The van der Waals surface area contributed by atoms with Crippen molar-refractivity contribution in [1.29, 1.82) is 5.26 Å². The third-order valence-corrected chi connectivity index (χ3v) is 5.55. The first-order valence-corrected chi connectivity index (χ1v) is 11.3. The summed E-state index contributed by atoms with van der Waals surface area (Å²) in [6, 6.07) is 20.1. The quantitative estimate of drug-likeness (QED) is 0.280. The number of benzene rings is 3. The van der Waals surface area contributed by atoms with E-state index < -0.39 is 0 Å². The normalized spacial score (nSPS) is 10.6. The van der Waals surface area contributed by atoms with Crippen molar-refractivity contribution in [3.8, 4) is 17.6 Å². The van der Waals surface area contributed by atoms with Crippen LogP contribution in [0.3, 0.4) is 0 Å². The lowest BCUT2D eigenvalue weighted by atomic mass is 10.1. The Bertz CT molecular complexity index is 1190. The van der Waals surface area contributed by atoms with Gasteiger partial charge in [-0.05, 0) is 86.3 Å². The zero-order valence-corrected chi connectivity index (χ0v) is 20.3. The molecule has 1 amide bonds. The third kappa shape index (κ3) is 6.19. The fourth-order valence-corrected chi connectivity index (χ4v) is 3.86. The number of amides is 1. The lowest BCUT2D eigenvalue weighted by Crippen LogP contribution is -2.18. The van der Waals surface area contributed by atoms with Gasteiger partial charge in [0.1, 0.15) is 6.61 Å². The Hall–Kier alpha value is -3.15. The van der Waals surface area contributed by atoms with E-state index in [1.54, 1.807) is 36.4 Å². The molecule has 0 heterocycles. The highest BCUT2D eigenvalue weighted by Crippen LogP contribution is 2.37. The van der Waals surface area contributed by atoms with Gasteiger partial charge in [0.05, 0.1) is 34.5 Å². The van der Waals surface area contributed by atoms with Crippen LogP contribution < -0.4 is 14.9 Å². The van der Waals surface area contributed by atoms with Crippen molar-refractivity contribution in [3.63, 3.8) is 0 Å². The number of carbonyl (C=O) groups excluding carboxylic acids is 1. The van der Waals surface area contributed by atoms with Crippen LogP contribution in [-0.2, 0) is 6.61 Å². The van der Waals surface area contributed by atoms with Gasteiger partial charge in [0, 0.05) is 4.47 Å². The highest BCUT2D eigenvalue weighted by Gasteiger charge is 2.13. The first-order valence-electron chi connectivity index (χ1n) is 9.68. The van der Waals surface area contributed by atoms with Crippen molar-refractivity contribution < 1.29 is 14.3 Å². The second-order valence-corrected chi connectivity index (χ2v) is 8.25. The number of hydrogen-bond acceptors (Lipinski definition) is 5. The monoisotopic (exact) mass is 555 g/mol. The standard InChI is InChI=1S/C24H19Br2N3O3/c1-2-31-22-12-18(14-28-29-24(30)19-8-3-4-9-20(19)25)11-21(26)23(22)32-15-17-7-5-6-16(10-17)13-27/h3-12,14H,2,15H2,1H3,(H,29,30)/b28-14+. The summed E-state index contributed by atoms with van der Waals surface area (Å²) in [5, 5.41) is 13.1. The molecular weight excluding hydrogens is 538 g/mol. The summed E-state index contributed by atoms with van der Waals surface area (Å²) in [5.74, 6) is 0.762. The molecule has 0 aliphatic carbocycles. The Morgan fingerprint density at radius 3 is 2.66 bits per heavy atom. The number of hydrazone groups is 1. The van der Waals surface area contributed by atoms with Gasteiger partial charge in [-0.3, -0.25) is 4.79 Å². The topological polar surface area (TPSA) is 83.7 Å². The Labute approximate surface area is 203 Å². The lowest BCUT2D eigenvalue weighted by molar-refractivity contribution is 0.0954. The molecule has 32 heavy (non-hydrogen) atoms. The molecule has 0 aromatic heterocycles. The molecule has 3 aromatic carbocycles. The number of ether oxygens (including phenoxy) is 2. The Kier molecular flexibility index (Phi) is 8.42. The van der Waals surface area contributed by atoms with Crippen LogP contribution in [0.1, 0.15) is 34.0 Å². The molecule has 0 bridgehead atoms. The predicted octanol–water partition coefficient (Wildman–Crippen LogP) is 5.82. The summed E-state index contributed by atoms with van der Waals surface area (Å²) >= 11 is 6.88. The summed E-state index contributed by atoms with van der Waals surface area (Å²) < 4.78 is 13.1. The van der Waals surface area contributed by atoms with Crippen LogP contribution in [-0.4, -0.2) is 18.7 Å². The van der Waals surface area contributed by atoms with Crippen LogP contribution in [0.5, 0.6) is 11.5 Å². The Balaban J connectivity index is 1.74. The SMILES string of the molecule is CCOc1cc(/C=N/NC(=O)c2ccccc2Br)cc(Br)c1OCc1cccc(C#N)c1. The van der Waals surface area contributed by atoms with Crippen LogP contribution >= 0.6 is 31.9 Å². The van der Waals surface area contributed by atoms with Crippen molar-refractivity contribution >= 4 is 44.0 Å². The van der Waals surface area contributed by atoms with E-state index in [0.717, 1.165) is 5.56 Å². The number of nitrogens with one attached hydrogen (secondary N) is 1. The zero-order chi connectivity index (χ0) is 22.9. The molecule has 0 saturated carbocycles. The predicted molar refractivity (Wildman–Crippen MR) is 130 cm³/mol. The average molecular weight is 557 g/mol. The molecule has 0 saturated heterocycles. The van der Waals surface area contributed by atoms with E-state index in [1.165, 1.54) is 6.21 Å². The fraction of sp³-hybridized carbons (Fsp3) is 0.125. The Morgan fingerprint density at radius 1 is 1.09 bits per heavy atom. The maximum Gasteiger partial charge on any atom is 0.272 e. The number of nitriles is 1. The second kappa shape index (κ2) is 11.5. The lowest BCUT2D eigenvalue weighted by Gasteiger charge is -2.15. The van der Waals surface area contributed by atoms with Crippen LogP contribution in [0.15, 0.2) is 74.7 Å². The van der Waals surface area contributed by atoms with Gasteiger partial charge in [-0.1, -0.05) is 24.3 Å². The number of rotatable bonds is 8. The van der Waals surface area contributed by atoms with Crippen molar-refractivity contribution in [2.24, 2.45) is 5.10 Å². The zero-order valence-electron chi connectivity index (χ0n) is 17.1. The van der Waals surface area contributed by atoms with E-state index >= 15 is 0 Å². The minimum Gasteiger partial charge on any atom is -0.490 e. The molecule has 0 aliphatic heterocycles. The van der Waals surface area contributed by atoms with E-state index in [0.29, 0.717) is 43.7 Å². The summed E-state index contributed by atoms with van der Waals surface area (Å²) in [4.78, 5) is 12.3. The molecule has 0 atom stereocenters. The van der Waals surface area contributed by atoms with Crippen molar-refractivity contribution in [2.75, 3.05) is 6.61 Å². The Morgan fingerprint density at radius 2 is 1.91 bits per heavy atom. The number of halogens is 2. The van der Waals surface area contributed by atoms with E-state index in [2.05, 4.69) is 48.5 Å². The van der Waals surface area contributed by atoms with Crippen LogP contribution in [0.4, 0.5) is 0 Å². The molecule has 0 unspecified atom stereocenters. The maximum absolute atomic E-state index is 12.3. The van der Waals surface area contributed by atoms with Gasteiger partial charge in [-0.25, -0.2) is 5.43 Å². The molecule has 3 aromatic rings. The molecule has 0 spiro atoms. The van der Waals surface area contributed by atoms with Gasteiger partial charge in [-0.15, -0.1) is 0 Å². The minimum atomic E-state index is -0.322. The third-order valence-electron chi connectivity index (χ3n) is 4.27. The van der Waals surface area contributed by atoms with E-state index in [-0.39, 0.29) is 12.5 Å². The molecule has 0 aliphatic rings. The van der Waals surface area contributed by atoms with Crippen LogP contribution in [0.25, 0.3) is 0 Å². The first-order chi connectivity index (χ1) is 15.5. The molecule has 162 valence electrons. The van der Waals surface area contributed by atoms with Gasteiger partial charge >= 0.3 is 0 Å². The summed E-state index contributed by atoms with van der Waals surface area (Å²) in [6.45, 7) is 2.61. The molecule has 0 radical (unpaired) electrons. The summed E-state index contributed by atoms with van der Waals surface area (Å²) in [5.41, 5.74) is 5.17. The number of nitrogens with zero attached hydrogens (tertiary/aromatic N) is 2. The molecule has 1 N–H and O–H groups in total. The smallest absolute Gasteiger partial charge is 0.272 e. The summed E-state index contributed by atoms with van der Waals surface area (Å²) in [7, 11) is 0. The van der Waals surface area contributed by atoms with Crippen molar-refractivity contribution in [1.82, 2.24) is 5.43 Å². The van der Waals surface area contributed by atoms with Crippen molar-refractivity contribution in [2.45, 2.75) is 13.5 Å². The van der Waals surface area contributed by atoms with Gasteiger partial charge in [0.25, 0.3) is 5.91 Å². The van der Waals surface area contributed by atoms with Crippen LogP contribution in [0.2, 0.25) is 0 Å². The molecule has 6 nitrogen and oxygen atoms in total. The molecule has 8 heteroatoms. The minimum absolute atomic E-state index is 0.281. The highest BCUT2D eigenvalue weighted by atomic mass is 79.9. The fourth-order valence-electron chi connectivity index (χ4n) is 2.82. The van der Waals surface area contributed by atoms with E-state index in [1.807, 2.05) is 31.2 Å². The average Bonchev–Trinajstić information content (AvgIpc) is 2.79. The highest BCUT2D eigenvalue weighted by molar-refractivity contribution is 9.10. The number of hydrogen-bond donors (Lipinski definition) is 1. The number of carbonyl (C=O) groups is 1. The van der Waals surface area contributed by atoms with E-state index in [4.69, 9.17) is 14.7 Å². The second-order valence-electron chi connectivity index (χ2n) is 6.54.